The van der Waals surface area contributed by atoms with Crippen molar-refractivity contribution < 1.29 is 26.9 Å². The van der Waals surface area contributed by atoms with Gasteiger partial charge in [0.1, 0.15) is 16.5 Å². The lowest BCUT2D eigenvalue weighted by atomic mass is 10.1. The van der Waals surface area contributed by atoms with Crippen LogP contribution in [0.25, 0.3) is 10.8 Å². The van der Waals surface area contributed by atoms with Crippen molar-refractivity contribution in [1.29, 1.82) is 0 Å². The van der Waals surface area contributed by atoms with Crippen LogP contribution < -0.4 is 4.74 Å². The number of fused-ring (bicyclic) bond motifs is 1. The summed E-state index contributed by atoms with van der Waals surface area (Å²) < 4.78 is 51.9. The molecule has 9 heteroatoms. The Bertz CT molecular complexity index is 1300. The van der Waals surface area contributed by atoms with Gasteiger partial charge in [-0.15, -0.1) is 0 Å². The van der Waals surface area contributed by atoms with Crippen molar-refractivity contribution >= 4 is 26.8 Å². The number of piperazine rings is 1. The molecule has 1 saturated heterocycles. The van der Waals surface area contributed by atoms with Gasteiger partial charge in [0, 0.05) is 42.5 Å². The molecule has 0 radical (unpaired) electrons. The summed E-state index contributed by atoms with van der Waals surface area (Å²) in [7, 11) is -4.39. The van der Waals surface area contributed by atoms with Crippen LogP contribution in [0.5, 0.6) is 5.75 Å². The van der Waals surface area contributed by atoms with E-state index in [4.69, 9.17) is 4.74 Å². The third kappa shape index (κ3) is 5.22. The minimum absolute atomic E-state index is 0.0357. The second kappa shape index (κ2) is 9.69. The SMILES string of the molecule is CC1CN(C(=O)COc2ccc(S(=O)(=O)O)c3ccccc23)C(C)CN1Cc1ccc(F)cc1. The van der Waals surface area contributed by atoms with E-state index in [9.17, 15) is 22.2 Å². The lowest BCUT2D eigenvalue weighted by Crippen LogP contribution is -2.58. The highest BCUT2D eigenvalue weighted by Gasteiger charge is 2.32. The summed E-state index contributed by atoms with van der Waals surface area (Å²) in [6.07, 6.45) is 0. The number of hydrogen-bond donors (Lipinski definition) is 1. The lowest BCUT2D eigenvalue weighted by molar-refractivity contribution is -0.139. The first-order valence-electron chi connectivity index (χ1n) is 11.0. The van der Waals surface area contributed by atoms with E-state index in [1.54, 1.807) is 41.3 Å². The number of halogens is 1. The zero-order chi connectivity index (χ0) is 24.5. The van der Waals surface area contributed by atoms with E-state index in [1.807, 2.05) is 6.92 Å². The molecular weight excluding hydrogens is 459 g/mol. The standard InChI is InChI=1S/C25H27FN2O5S/c1-17-14-28(18(2)13-27(17)15-19-7-9-20(26)10-8-19)25(29)16-33-23-11-12-24(34(30,31)32)22-6-4-3-5-21(22)23/h3-12,17-18H,13-16H2,1-2H3,(H,30,31,32). The van der Waals surface area contributed by atoms with Crippen LogP contribution in [0.4, 0.5) is 4.39 Å². The summed E-state index contributed by atoms with van der Waals surface area (Å²) in [5.41, 5.74) is 1.02. The van der Waals surface area contributed by atoms with E-state index in [0.717, 1.165) is 5.56 Å². The maximum absolute atomic E-state index is 13.2. The van der Waals surface area contributed by atoms with Gasteiger partial charge in [0.15, 0.2) is 6.61 Å². The fourth-order valence-corrected chi connectivity index (χ4v) is 5.10. The van der Waals surface area contributed by atoms with Gasteiger partial charge in [-0.25, -0.2) is 4.39 Å². The highest BCUT2D eigenvalue weighted by Crippen LogP contribution is 2.31. The van der Waals surface area contributed by atoms with E-state index in [2.05, 4.69) is 11.8 Å². The highest BCUT2D eigenvalue weighted by atomic mass is 32.2. The van der Waals surface area contributed by atoms with E-state index >= 15 is 0 Å². The second-order valence-corrected chi connectivity index (χ2v) is 10.1. The van der Waals surface area contributed by atoms with Crippen molar-refractivity contribution in [3.8, 4) is 5.75 Å². The van der Waals surface area contributed by atoms with Gasteiger partial charge in [-0.2, -0.15) is 8.42 Å². The third-order valence-corrected chi connectivity index (χ3v) is 7.12. The van der Waals surface area contributed by atoms with Gasteiger partial charge in [-0.05, 0) is 43.7 Å². The van der Waals surface area contributed by atoms with Crippen LogP contribution in [0.3, 0.4) is 0 Å². The predicted molar refractivity (Wildman–Crippen MR) is 127 cm³/mol. The van der Waals surface area contributed by atoms with E-state index < -0.39 is 10.1 Å². The number of carbonyl (C=O) groups is 1. The van der Waals surface area contributed by atoms with Crippen molar-refractivity contribution in [2.45, 2.75) is 37.4 Å². The molecule has 1 fully saturated rings. The molecule has 0 bridgehead atoms. The van der Waals surface area contributed by atoms with Crippen molar-refractivity contribution in [1.82, 2.24) is 9.80 Å². The van der Waals surface area contributed by atoms with Crippen LogP contribution in [0.15, 0.2) is 65.6 Å². The Kier molecular flexibility index (Phi) is 6.88. The molecule has 180 valence electrons. The largest absolute Gasteiger partial charge is 0.483 e. The molecule has 7 nitrogen and oxygen atoms in total. The summed E-state index contributed by atoms with van der Waals surface area (Å²) in [5.74, 6) is -0.0586. The first-order chi connectivity index (χ1) is 16.1. The number of amides is 1. The quantitative estimate of drug-likeness (QED) is 0.535. The van der Waals surface area contributed by atoms with E-state index in [0.29, 0.717) is 36.2 Å². The minimum atomic E-state index is -4.39. The Labute approximate surface area is 198 Å². The van der Waals surface area contributed by atoms with Gasteiger partial charge < -0.3 is 9.64 Å². The number of ether oxygens (including phenoxy) is 1. The van der Waals surface area contributed by atoms with Gasteiger partial charge in [-0.1, -0.05) is 36.4 Å². The van der Waals surface area contributed by atoms with Crippen LogP contribution in [-0.4, -0.2) is 60.5 Å². The maximum Gasteiger partial charge on any atom is 0.295 e. The Balaban J connectivity index is 1.43. The molecule has 0 spiro atoms. The minimum Gasteiger partial charge on any atom is -0.483 e. The average Bonchev–Trinajstić information content (AvgIpc) is 2.80. The lowest BCUT2D eigenvalue weighted by Gasteiger charge is -2.44. The Morgan fingerprint density at radius 1 is 1.00 bits per heavy atom. The van der Waals surface area contributed by atoms with Crippen LogP contribution in [0.1, 0.15) is 19.4 Å². The van der Waals surface area contributed by atoms with Gasteiger partial charge in [0.25, 0.3) is 16.0 Å². The molecule has 4 rings (SSSR count). The van der Waals surface area contributed by atoms with E-state index in [-0.39, 0.29) is 35.3 Å². The monoisotopic (exact) mass is 486 g/mol. The molecule has 1 aliphatic rings. The third-order valence-electron chi connectivity index (χ3n) is 6.21. The van der Waals surface area contributed by atoms with Crippen LogP contribution in [-0.2, 0) is 21.5 Å². The van der Waals surface area contributed by atoms with Crippen LogP contribution >= 0.6 is 0 Å². The summed E-state index contributed by atoms with van der Waals surface area (Å²) in [6, 6.07) is 15.9. The molecule has 3 aromatic carbocycles. The maximum atomic E-state index is 13.2. The molecule has 2 unspecified atom stereocenters. The molecule has 2 atom stereocenters. The Hall–Kier alpha value is -3.01. The van der Waals surface area contributed by atoms with Gasteiger partial charge in [-0.3, -0.25) is 14.2 Å². The van der Waals surface area contributed by atoms with Crippen molar-refractivity contribution in [2.75, 3.05) is 19.7 Å². The Morgan fingerprint density at radius 2 is 1.68 bits per heavy atom. The summed E-state index contributed by atoms with van der Waals surface area (Å²) in [6.45, 7) is 5.74. The summed E-state index contributed by atoms with van der Waals surface area (Å²) in [4.78, 5) is 16.9. The molecule has 3 aromatic rings. The number of carbonyl (C=O) groups excluding carboxylic acids is 1. The first kappa shape index (κ1) is 24.1. The second-order valence-electron chi connectivity index (χ2n) is 8.67. The van der Waals surface area contributed by atoms with Crippen molar-refractivity contribution in [3.05, 3.63) is 72.0 Å². The zero-order valence-corrected chi connectivity index (χ0v) is 19.8. The molecule has 1 N–H and O–H groups in total. The number of benzene rings is 3. The molecule has 1 heterocycles. The number of nitrogens with zero attached hydrogens (tertiary/aromatic N) is 2. The van der Waals surface area contributed by atoms with Gasteiger partial charge in [0.05, 0.1) is 0 Å². The topological polar surface area (TPSA) is 87.1 Å². The smallest absolute Gasteiger partial charge is 0.295 e. The van der Waals surface area contributed by atoms with Crippen molar-refractivity contribution in [2.24, 2.45) is 0 Å². The van der Waals surface area contributed by atoms with Crippen molar-refractivity contribution in [3.63, 3.8) is 0 Å². The molecule has 1 amide bonds. The number of hydrogen-bond acceptors (Lipinski definition) is 5. The molecule has 0 aromatic heterocycles. The zero-order valence-electron chi connectivity index (χ0n) is 19.0. The highest BCUT2D eigenvalue weighted by molar-refractivity contribution is 7.86. The summed E-state index contributed by atoms with van der Waals surface area (Å²) >= 11 is 0. The summed E-state index contributed by atoms with van der Waals surface area (Å²) in [5, 5.41) is 0.822. The van der Waals surface area contributed by atoms with Crippen LogP contribution in [0, 0.1) is 5.82 Å². The normalized spacial score (nSPS) is 19.4. The molecule has 0 aliphatic carbocycles. The first-order valence-corrected chi connectivity index (χ1v) is 12.5. The fraction of sp³-hybridized carbons (Fsp3) is 0.320. The average molecular weight is 487 g/mol. The van der Waals surface area contributed by atoms with Crippen LogP contribution in [0.2, 0.25) is 0 Å². The van der Waals surface area contributed by atoms with E-state index in [1.165, 1.54) is 24.3 Å². The molecule has 0 saturated carbocycles. The molecule has 1 aliphatic heterocycles. The molecule has 34 heavy (non-hydrogen) atoms. The molecular formula is C25H27FN2O5S. The number of rotatable bonds is 6. The predicted octanol–water partition coefficient (Wildman–Crippen LogP) is 3.73. The van der Waals surface area contributed by atoms with Gasteiger partial charge in [0.2, 0.25) is 0 Å². The Morgan fingerprint density at radius 3 is 2.35 bits per heavy atom. The van der Waals surface area contributed by atoms with Gasteiger partial charge >= 0.3 is 0 Å². The fourth-order valence-electron chi connectivity index (χ4n) is 4.41.